The zero-order chi connectivity index (χ0) is 19.5. The molecular weight excluding hydrogens is 382 g/mol. The Bertz CT molecular complexity index is 671. The molecular formula is C16H20ClN3O5S. The largest absolute Gasteiger partial charge is 0.454 e. The van der Waals surface area contributed by atoms with Crippen molar-refractivity contribution in [2.45, 2.75) is 12.5 Å². The lowest BCUT2D eigenvalue weighted by molar-refractivity contribution is -0.150. The van der Waals surface area contributed by atoms with Gasteiger partial charge in [0.1, 0.15) is 6.04 Å². The lowest BCUT2D eigenvalue weighted by atomic mass is 10.1. The van der Waals surface area contributed by atoms with Crippen molar-refractivity contribution in [2.75, 3.05) is 25.7 Å². The zero-order valence-electron chi connectivity index (χ0n) is 14.3. The van der Waals surface area contributed by atoms with Gasteiger partial charge in [-0.1, -0.05) is 23.7 Å². The van der Waals surface area contributed by atoms with Crippen LogP contribution in [-0.4, -0.2) is 55.5 Å². The van der Waals surface area contributed by atoms with Gasteiger partial charge < -0.3 is 15.4 Å². The van der Waals surface area contributed by atoms with Gasteiger partial charge in [0.25, 0.3) is 11.8 Å². The van der Waals surface area contributed by atoms with Crippen LogP contribution in [0.15, 0.2) is 24.3 Å². The van der Waals surface area contributed by atoms with Gasteiger partial charge in [0.05, 0.1) is 10.6 Å². The van der Waals surface area contributed by atoms with Crippen LogP contribution in [0.5, 0.6) is 0 Å². The number of halogens is 1. The Kier molecular flexibility index (Phi) is 9.53. The Morgan fingerprint density at radius 2 is 1.92 bits per heavy atom. The molecule has 0 aliphatic rings. The summed E-state index contributed by atoms with van der Waals surface area (Å²) in [5, 5.41) is 6.98. The predicted molar refractivity (Wildman–Crippen MR) is 99.3 cm³/mol. The van der Waals surface area contributed by atoms with Crippen molar-refractivity contribution in [1.29, 1.82) is 0 Å². The summed E-state index contributed by atoms with van der Waals surface area (Å²) in [6, 6.07) is 4.78. The highest BCUT2D eigenvalue weighted by Gasteiger charge is 2.24. The molecule has 26 heavy (non-hydrogen) atoms. The summed E-state index contributed by atoms with van der Waals surface area (Å²) < 4.78 is 4.89. The molecule has 0 fully saturated rings. The van der Waals surface area contributed by atoms with Crippen molar-refractivity contribution in [1.82, 2.24) is 16.0 Å². The third-order valence-electron chi connectivity index (χ3n) is 3.14. The van der Waals surface area contributed by atoms with E-state index in [0.29, 0.717) is 12.2 Å². The highest BCUT2D eigenvalue weighted by atomic mass is 35.5. The van der Waals surface area contributed by atoms with Crippen LogP contribution >= 0.6 is 23.4 Å². The van der Waals surface area contributed by atoms with E-state index in [9.17, 15) is 19.2 Å². The first kappa shape index (κ1) is 21.8. The van der Waals surface area contributed by atoms with Crippen molar-refractivity contribution in [3.05, 3.63) is 34.9 Å². The fourth-order valence-electron chi connectivity index (χ4n) is 1.83. The van der Waals surface area contributed by atoms with Gasteiger partial charge in [0.2, 0.25) is 0 Å². The summed E-state index contributed by atoms with van der Waals surface area (Å²) >= 11 is 7.47. The number of amides is 4. The van der Waals surface area contributed by atoms with Gasteiger partial charge in [-0.3, -0.25) is 14.9 Å². The fraction of sp³-hybridized carbons (Fsp3) is 0.375. The third-order valence-corrected chi connectivity index (χ3v) is 4.12. The Labute approximate surface area is 160 Å². The van der Waals surface area contributed by atoms with Gasteiger partial charge >= 0.3 is 12.0 Å². The highest BCUT2D eigenvalue weighted by Crippen LogP contribution is 2.15. The van der Waals surface area contributed by atoms with Gasteiger partial charge in [-0.25, -0.2) is 9.59 Å². The molecule has 4 amide bonds. The van der Waals surface area contributed by atoms with Crippen molar-refractivity contribution in [3.8, 4) is 0 Å². The first-order chi connectivity index (χ1) is 12.4. The van der Waals surface area contributed by atoms with Gasteiger partial charge in [-0.15, -0.1) is 0 Å². The quantitative estimate of drug-likeness (QED) is 0.564. The minimum atomic E-state index is -0.945. The number of imide groups is 1. The molecule has 0 saturated carbocycles. The average molecular weight is 402 g/mol. The summed E-state index contributed by atoms with van der Waals surface area (Å²) in [6.45, 7) is -0.635. The number of esters is 1. The van der Waals surface area contributed by atoms with E-state index in [0.717, 1.165) is 0 Å². The summed E-state index contributed by atoms with van der Waals surface area (Å²) in [5.74, 6) is -1.48. The topological polar surface area (TPSA) is 114 Å². The summed E-state index contributed by atoms with van der Waals surface area (Å²) in [4.78, 5) is 47.0. The Hall–Kier alpha value is -2.26. The highest BCUT2D eigenvalue weighted by molar-refractivity contribution is 7.98. The zero-order valence-corrected chi connectivity index (χ0v) is 15.9. The SMILES string of the molecule is CNC(=O)NC(=O)COC(=O)C(CCSC)NC(=O)c1ccccc1Cl. The second-order valence-corrected chi connectivity index (χ2v) is 6.42. The van der Waals surface area contributed by atoms with E-state index < -0.39 is 36.5 Å². The molecule has 1 aromatic rings. The Morgan fingerprint density at radius 3 is 2.54 bits per heavy atom. The second-order valence-electron chi connectivity index (χ2n) is 5.02. The number of benzene rings is 1. The molecule has 10 heteroatoms. The number of carbonyl (C=O) groups is 4. The van der Waals surface area contributed by atoms with Crippen LogP contribution in [0.1, 0.15) is 16.8 Å². The van der Waals surface area contributed by atoms with Crippen LogP contribution < -0.4 is 16.0 Å². The number of hydrogen-bond acceptors (Lipinski definition) is 6. The van der Waals surface area contributed by atoms with Gasteiger partial charge in [0.15, 0.2) is 6.61 Å². The molecule has 0 bridgehead atoms. The van der Waals surface area contributed by atoms with Crippen molar-refractivity contribution >= 4 is 47.2 Å². The number of urea groups is 1. The first-order valence-corrected chi connectivity index (χ1v) is 9.38. The van der Waals surface area contributed by atoms with E-state index in [-0.39, 0.29) is 10.6 Å². The number of thioether (sulfide) groups is 1. The molecule has 0 aliphatic heterocycles. The van der Waals surface area contributed by atoms with E-state index in [1.54, 1.807) is 18.2 Å². The van der Waals surface area contributed by atoms with E-state index in [4.69, 9.17) is 16.3 Å². The third kappa shape index (κ3) is 7.32. The molecule has 0 saturated heterocycles. The number of hydrogen-bond donors (Lipinski definition) is 3. The van der Waals surface area contributed by atoms with Crippen LogP contribution in [0.4, 0.5) is 4.79 Å². The molecule has 0 radical (unpaired) electrons. The fourth-order valence-corrected chi connectivity index (χ4v) is 2.52. The number of ether oxygens (including phenoxy) is 1. The molecule has 0 aliphatic carbocycles. The normalized spacial score (nSPS) is 11.2. The molecule has 0 spiro atoms. The predicted octanol–water partition coefficient (Wildman–Crippen LogP) is 1.19. The molecule has 8 nitrogen and oxygen atoms in total. The van der Waals surface area contributed by atoms with E-state index >= 15 is 0 Å². The van der Waals surface area contributed by atoms with E-state index in [2.05, 4.69) is 10.6 Å². The van der Waals surface area contributed by atoms with Crippen molar-refractivity contribution in [2.24, 2.45) is 0 Å². The average Bonchev–Trinajstić information content (AvgIpc) is 2.63. The van der Waals surface area contributed by atoms with Crippen molar-refractivity contribution in [3.63, 3.8) is 0 Å². The maximum atomic E-state index is 12.3. The minimum absolute atomic E-state index is 0.230. The number of rotatable bonds is 8. The number of nitrogens with one attached hydrogen (secondary N) is 3. The lowest BCUT2D eigenvalue weighted by Crippen LogP contribution is -2.44. The Morgan fingerprint density at radius 1 is 1.23 bits per heavy atom. The Balaban J connectivity index is 2.68. The van der Waals surface area contributed by atoms with Crippen LogP contribution in [0.25, 0.3) is 0 Å². The van der Waals surface area contributed by atoms with Crippen LogP contribution in [-0.2, 0) is 14.3 Å². The molecule has 1 atom stereocenters. The standard InChI is InChI=1S/C16H20ClN3O5S/c1-18-16(24)20-13(21)9-25-15(23)12(7-8-26-2)19-14(22)10-5-3-4-6-11(10)17/h3-6,12H,7-9H2,1-2H3,(H,19,22)(H2,18,20,21,24). The summed E-state index contributed by atoms with van der Waals surface area (Å²) in [5.41, 5.74) is 0.230. The van der Waals surface area contributed by atoms with Crippen LogP contribution in [0.2, 0.25) is 5.02 Å². The second kappa shape index (κ2) is 11.4. The van der Waals surface area contributed by atoms with Crippen LogP contribution in [0, 0.1) is 0 Å². The summed E-state index contributed by atoms with van der Waals surface area (Å²) in [6.07, 6.45) is 2.17. The monoisotopic (exact) mass is 401 g/mol. The van der Waals surface area contributed by atoms with E-state index in [1.807, 2.05) is 11.6 Å². The molecule has 1 unspecified atom stereocenters. The maximum absolute atomic E-state index is 12.3. The number of carbonyl (C=O) groups excluding carboxylic acids is 4. The first-order valence-electron chi connectivity index (χ1n) is 7.61. The molecule has 0 heterocycles. The van der Waals surface area contributed by atoms with Gasteiger partial charge in [0, 0.05) is 7.05 Å². The lowest BCUT2D eigenvalue weighted by Gasteiger charge is -2.17. The van der Waals surface area contributed by atoms with Gasteiger partial charge in [-0.2, -0.15) is 11.8 Å². The minimum Gasteiger partial charge on any atom is -0.454 e. The summed E-state index contributed by atoms with van der Waals surface area (Å²) in [7, 11) is 1.34. The molecule has 1 aromatic carbocycles. The van der Waals surface area contributed by atoms with Crippen molar-refractivity contribution < 1.29 is 23.9 Å². The van der Waals surface area contributed by atoms with Crippen LogP contribution in [0.3, 0.4) is 0 Å². The van der Waals surface area contributed by atoms with E-state index in [1.165, 1.54) is 24.9 Å². The van der Waals surface area contributed by atoms with Gasteiger partial charge in [-0.05, 0) is 30.6 Å². The smallest absolute Gasteiger partial charge is 0.329 e. The maximum Gasteiger partial charge on any atom is 0.329 e. The molecule has 142 valence electrons. The molecule has 3 N–H and O–H groups in total. The molecule has 0 aromatic heterocycles. The molecule has 1 rings (SSSR count).